The van der Waals surface area contributed by atoms with Gasteiger partial charge in [-0.15, -0.1) is 0 Å². The van der Waals surface area contributed by atoms with E-state index in [0.717, 1.165) is 46.7 Å². The molecule has 1 aromatic heterocycles. The molecule has 1 saturated carbocycles. The molecule has 1 fully saturated rings. The zero-order valence-electron chi connectivity index (χ0n) is 19.3. The number of methoxy groups -OCH3 is 1. The highest BCUT2D eigenvalue weighted by molar-refractivity contribution is 6.14. The van der Waals surface area contributed by atoms with Crippen LogP contribution in [-0.4, -0.2) is 47.2 Å². The molecular weight excluding hydrogens is 414 g/mol. The van der Waals surface area contributed by atoms with Crippen LogP contribution >= 0.6 is 0 Å². The fraction of sp³-hybridized carbons (Fsp3) is 0.346. The number of amides is 2. The van der Waals surface area contributed by atoms with Gasteiger partial charge < -0.3 is 10.1 Å². The Hall–Kier alpha value is -3.61. The molecular formula is C26H29N5O2. The standard InChI is InChI=1S/C26H29N5O2/c1-4-20-15-24(18-5-6-18)28-31(20)21-10-7-19(8-11-21)25-23-16-22(33-3)12-9-17(23)13-14-30(29-25)26(32)27-2/h7-12,15-16,18H,4-6,13-14H2,1-3H3,(H,27,32). The smallest absolute Gasteiger partial charge is 0.337 e. The van der Waals surface area contributed by atoms with Crippen molar-refractivity contribution in [2.24, 2.45) is 5.10 Å². The summed E-state index contributed by atoms with van der Waals surface area (Å²) in [4.78, 5) is 12.4. The summed E-state index contributed by atoms with van der Waals surface area (Å²) in [6, 6.07) is 16.3. The molecule has 2 aromatic carbocycles. The average molecular weight is 444 g/mol. The second kappa shape index (κ2) is 8.73. The summed E-state index contributed by atoms with van der Waals surface area (Å²) in [6.45, 7) is 2.67. The van der Waals surface area contributed by atoms with Crippen molar-refractivity contribution < 1.29 is 9.53 Å². The maximum absolute atomic E-state index is 12.4. The molecule has 7 heteroatoms. The molecule has 1 aliphatic heterocycles. The third kappa shape index (κ3) is 4.11. The number of hydrogen-bond donors (Lipinski definition) is 1. The molecule has 1 N–H and O–H groups in total. The van der Waals surface area contributed by atoms with Crippen LogP contribution in [0.4, 0.5) is 4.79 Å². The van der Waals surface area contributed by atoms with E-state index < -0.39 is 0 Å². The Bertz CT molecular complexity index is 1210. The maximum atomic E-state index is 12.4. The van der Waals surface area contributed by atoms with Gasteiger partial charge in [-0.3, -0.25) is 0 Å². The number of rotatable bonds is 5. The highest BCUT2D eigenvalue weighted by Gasteiger charge is 2.27. The minimum Gasteiger partial charge on any atom is -0.497 e. The van der Waals surface area contributed by atoms with E-state index in [4.69, 9.17) is 14.9 Å². The topological polar surface area (TPSA) is 71.8 Å². The summed E-state index contributed by atoms with van der Waals surface area (Å²) < 4.78 is 7.53. The molecule has 0 atom stereocenters. The van der Waals surface area contributed by atoms with Gasteiger partial charge in [-0.1, -0.05) is 25.1 Å². The molecule has 0 saturated heterocycles. The zero-order chi connectivity index (χ0) is 22.9. The number of nitrogens with one attached hydrogen (secondary N) is 1. The third-order valence-corrected chi connectivity index (χ3v) is 6.38. The highest BCUT2D eigenvalue weighted by Crippen LogP contribution is 2.39. The summed E-state index contributed by atoms with van der Waals surface area (Å²) >= 11 is 0. The third-order valence-electron chi connectivity index (χ3n) is 6.38. The Kier molecular flexibility index (Phi) is 5.62. The van der Waals surface area contributed by atoms with E-state index in [9.17, 15) is 4.79 Å². The largest absolute Gasteiger partial charge is 0.497 e. The molecule has 0 bridgehead atoms. The van der Waals surface area contributed by atoms with Gasteiger partial charge in [-0.25, -0.2) is 14.5 Å². The van der Waals surface area contributed by atoms with Gasteiger partial charge in [0.15, 0.2) is 0 Å². The summed E-state index contributed by atoms with van der Waals surface area (Å²) in [7, 11) is 3.28. The van der Waals surface area contributed by atoms with Gasteiger partial charge in [-0.05, 0) is 61.6 Å². The minimum atomic E-state index is -0.222. The van der Waals surface area contributed by atoms with Crippen molar-refractivity contribution in [1.82, 2.24) is 20.1 Å². The number of aryl methyl sites for hydroxylation is 1. The van der Waals surface area contributed by atoms with Crippen LogP contribution in [0.2, 0.25) is 0 Å². The van der Waals surface area contributed by atoms with E-state index in [1.165, 1.54) is 29.2 Å². The van der Waals surface area contributed by atoms with Crippen LogP contribution in [0.1, 0.15) is 53.8 Å². The average Bonchev–Trinajstić information content (AvgIpc) is 3.65. The van der Waals surface area contributed by atoms with E-state index in [-0.39, 0.29) is 6.03 Å². The van der Waals surface area contributed by atoms with Crippen molar-refractivity contribution in [1.29, 1.82) is 0 Å². The van der Waals surface area contributed by atoms with Gasteiger partial charge in [0.1, 0.15) is 5.75 Å². The van der Waals surface area contributed by atoms with Crippen LogP contribution in [0, 0.1) is 0 Å². The summed E-state index contributed by atoms with van der Waals surface area (Å²) in [5, 5.41) is 13.8. The lowest BCUT2D eigenvalue weighted by molar-refractivity contribution is 0.203. The summed E-state index contributed by atoms with van der Waals surface area (Å²) in [5.74, 6) is 1.39. The number of nitrogens with zero attached hydrogens (tertiary/aromatic N) is 4. The molecule has 7 nitrogen and oxygen atoms in total. The zero-order valence-corrected chi connectivity index (χ0v) is 19.3. The van der Waals surface area contributed by atoms with Crippen LogP contribution < -0.4 is 10.1 Å². The first-order valence-electron chi connectivity index (χ1n) is 11.6. The first-order chi connectivity index (χ1) is 16.1. The summed E-state index contributed by atoms with van der Waals surface area (Å²) in [5.41, 5.74) is 7.27. The Morgan fingerprint density at radius 2 is 1.94 bits per heavy atom. The van der Waals surface area contributed by atoms with Crippen LogP contribution in [-0.2, 0) is 12.8 Å². The second-order valence-corrected chi connectivity index (χ2v) is 8.55. The number of benzene rings is 2. The van der Waals surface area contributed by atoms with Crippen LogP contribution in [0.3, 0.4) is 0 Å². The fourth-order valence-electron chi connectivity index (χ4n) is 4.32. The fourth-order valence-corrected chi connectivity index (χ4v) is 4.32. The molecule has 5 rings (SSSR count). The predicted octanol–water partition coefficient (Wildman–Crippen LogP) is 4.27. The van der Waals surface area contributed by atoms with E-state index in [1.807, 2.05) is 12.1 Å². The number of ether oxygens (including phenoxy) is 1. The molecule has 1 aliphatic carbocycles. The van der Waals surface area contributed by atoms with E-state index in [0.29, 0.717) is 12.5 Å². The van der Waals surface area contributed by atoms with Crippen molar-refractivity contribution >= 4 is 11.7 Å². The second-order valence-electron chi connectivity index (χ2n) is 8.55. The molecule has 2 amide bonds. The normalized spacial score (nSPS) is 15.5. The van der Waals surface area contributed by atoms with Gasteiger partial charge in [-0.2, -0.15) is 10.2 Å². The number of aromatic nitrogens is 2. The van der Waals surface area contributed by atoms with Crippen LogP contribution in [0.5, 0.6) is 5.75 Å². The van der Waals surface area contributed by atoms with Crippen molar-refractivity contribution in [2.75, 3.05) is 20.7 Å². The SMILES string of the molecule is CCc1cc(C2CC2)nn1-c1ccc(C2=NN(C(=O)NC)CCc3ccc(OC)cc32)cc1. The lowest BCUT2D eigenvalue weighted by Gasteiger charge is -2.16. The number of carbonyl (C=O) groups excluding carboxylic acids is 1. The number of carbonyl (C=O) groups is 1. The van der Waals surface area contributed by atoms with Crippen LogP contribution in [0.25, 0.3) is 5.69 Å². The van der Waals surface area contributed by atoms with Gasteiger partial charge in [0.2, 0.25) is 0 Å². The molecule has 2 aliphatic rings. The number of urea groups is 1. The Labute approximate surface area is 194 Å². The molecule has 0 radical (unpaired) electrons. The number of fused-ring (bicyclic) bond motifs is 1. The molecule has 0 unspecified atom stereocenters. The summed E-state index contributed by atoms with van der Waals surface area (Å²) in [6.07, 6.45) is 4.13. The van der Waals surface area contributed by atoms with Gasteiger partial charge in [0.25, 0.3) is 0 Å². The number of hydrogen-bond acceptors (Lipinski definition) is 4. The quantitative estimate of drug-likeness (QED) is 0.640. The van der Waals surface area contributed by atoms with Crippen molar-refractivity contribution in [3.05, 3.63) is 76.6 Å². The van der Waals surface area contributed by atoms with E-state index in [2.05, 4.69) is 53.3 Å². The lowest BCUT2D eigenvalue weighted by atomic mass is 9.96. The highest BCUT2D eigenvalue weighted by atomic mass is 16.5. The molecule has 2 heterocycles. The Morgan fingerprint density at radius 1 is 1.15 bits per heavy atom. The van der Waals surface area contributed by atoms with Gasteiger partial charge in [0.05, 0.1) is 30.7 Å². The molecule has 0 spiro atoms. The first kappa shape index (κ1) is 21.2. The minimum absolute atomic E-state index is 0.222. The molecule has 3 aromatic rings. The van der Waals surface area contributed by atoms with Gasteiger partial charge >= 0.3 is 6.03 Å². The monoisotopic (exact) mass is 443 g/mol. The molecule has 33 heavy (non-hydrogen) atoms. The maximum Gasteiger partial charge on any atom is 0.337 e. The Morgan fingerprint density at radius 3 is 2.61 bits per heavy atom. The first-order valence-corrected chi connectivity index (χ1v) is 11.6. The Balaban J connectivity index is 1.55. The number of hydrazone groups is 1. The van der Waals surface area contributed by atoms with Crippen molar-refractivity contribution in [3.63, 3.8) is 0 Å². The van der Waals surface area contributed by atoms with Gasteiger partial charge in [0, 0.05) is 29.8 Å². The van der Waals surface area contributed by atoms with Crippen LogP contribution in [0.15, 0.2) is 53.6 Å². The van der Waals surface area contributed by atoms with E-state index >= 15 is 0 Å². The molecule has 170 valence electrons. The predicted molar refractivity (Wildman–Crippen MR) is 128 cm³/mol. The van der Waals surface area contributed by atoms with Crippen molar-refractivity contribution in [2.45, 2.75) is 38.5 Å². The van der Waals surface area contributed by atoms with Crippen molar-refractivity contribution in [3.8, 4) is 11.4 Å². The van der Waals surface area contributed by atoms with E-state index in [1.54, 1.807) is 14.2 Å². The lowest BCUT2D eigenvalue weighted by Crippen LogP contribution is -2.35.